The molecule has 6 heteroatoms. The largest absolute Gasteiger partial charge is 0.457 e. The van der Waals surface area contributed by atoms with Crippen molar-refractivity contribution in [2.24, 2.45) is 11.8 Å². The molecule has 2 bridgehead atoms. The minimum Gasteiger partial charge on any atom is -0.457 e. The number of fused-ring (bicyclic) bond motifs is 5. The van der Waals surface area contributed by atoms with Crippen molar-refractivity contribution in [2.45, 2.75) is 44.3 Å². The van der Waals surface area contributed by atoms with Crippen molar-refractivity contribution in [3.8, 4) is 17.6 Å². The Morgan fingerprint density at radius 2 is 1.70 bits per heavy atom. The number of nitrogens with zero attached hydrogens (tertiary/aromatic N) is 1. The Morgan fingerprint density at radius 3 is 2.30 bits per heavy atom. The lowest BCUT2D eigenvalue weighted by Gasteiger charge is -2.17. The van der Waals surface area contributed by atoms with Crippen molar-refractivity contribution >= 4 is 23.2 Å². The number of benzene rings is 2. The molecule has 30 heavy (non-hydrogen) atoms. The van der Waals surface area contributed by atoms with Crippen LogP contribution in [0.5, 0.6) is 11.5 Å². The second-order valence-electron chi connectivity index (χ2n) is 8.15. The fraction of sp³-hybridized carbons (Fsp3) is 0.375. The molecule has 2 saturated heterocycles. The number of rotatable bonds is 4. The van der Waals surface area contributed by atoms with Crippen LogP contribution in [0.25, 0.3) is 0 Å². The predicted octanol–water partition coefficient (Wildman–Crippen LogP) is 4.60. The Balaban J connectivity index is 1.48. The first kappa shape index (κ1) is 19.3. The maximum Gasteiger partial charge on any atom is 0.154 e. The van der Waals surface area contributed by atoms with Crippen molar-refractivity contribution < 1.29 is 19.1 Å². The molecule has 5 rings (SSSR count). The number of ketones is 2. The molecule has 1 unspecified atom stereocenters. The molecule has 2 heterocycles. The van der Waals surface area contributed by atoms with Gasteiger partial charge in [0.15, 0.2) is 11.6 Å². The lowest BCUT2D eigenvalue weighted by atomic mass is 9.81. The van der Waals surface area contributed by atoms with Gasteiger partial charge in [-0.2, -0.15) is 5.26 Å². The molecule has 2 aliphatic heterocycles. The topological polar surface area (TPSA) is 76.4 Å². The monoisotopic (exact) mass is 421 g/mol. The van der Waals surface area contributed by atoms with Gasteiger partial charge in [-0.1, -0.05) is 24.6 Å². The summed E-state index contributed by atoms with van der Waals surface area (Å²) in [4.78, 5) is 26.5. The molecule has 3 aliphatic rings. The normalized spacial score (nSPS) is 29.2. The van der Waals surface area contributed by atoms with Crippen LogP contribution in [0.2, 0.25) is 5.02 Å². The lowest BCUT2D eigenvalue weighted by molar-refractivity contribution is -0.127. The highest BCUT2D eigenvalue weighted by atomic mass is 35.5. The standard InChI is InChI=1S/C24H20ClNO4/c1-2-12-3-5-14(29-15-6-4-13(11-26)17(25)10-15)9-16(12)20-23(27)21-18-7-8-19(30-18)22(21)24(20)28/h3-6,9-10,18-22H,2,7-8H2,1H3/t18-,19+,20?,21-,22+. The molecule has 5 nitrogen and oxygen atoms in total. The van der Waals surface area contributed by atoms with Gasteiger partial charge in [-0.25, -0.2) is 0 Å². The van der Waals surface area contributed by atoms with Crippen LogP contribution in [0.4, 0.5) is 0 Å². The predicted molar refractivity (Wildman–Crippen MR) is 110 cm³/mol. The smallest absolute Gasteiger partial charge is 0.154 e. The van der Waals surface area contributed by atoms with Gasteiger partial charge in [-0.05, 0) is 54.7 Å². The van der Waals surface area contributed by atoms with E-state index in [1.54, 1.807) is 24.3 Å². The summed E-state index contributed by atoms with van der Waals surface area (Å²) in [6.45, 7) is 2.01. The van der Waals surface area contributed by atoms with Crippen LogP contribution in [0.3, 0.4) is 0 Å². The minimum atomic E-state index is -0.741. The van der Waals surface area contributed by atoms with Gasteiger partial charge in [-0.3, -0.25) is 9.59 Å². The van der Waals surface area contributed by atoms with Crippen LogP contribution >= 0.6 is 11.6 Å². The fourth-order valence-electron chi connectivity index (χ4n) is 5.25. The number of hydrogen-bond acceptors (Lipinski definition) is 5. The summed E-state index contributed by atoms with van der Waals surface area (Å²) in [5, 5.41) is 9.34. The van der Waals surface area contributed by atoms with Crippen molar-refractivity contribution in [1.29, 1.82) is 5.26 Å². The van der Waals surface area contributed by atoms with E-state index in [-0.39, 0.29) is 35.6 Å². The van der Waals surface area contributed by atoms with Crippen molar-refractivity contribution in [3.05, 3.63) is 58.1 Å². The van der Waals surface area contributed by atoms with Gasteiger partial charge in [0.25, 0.3) is 0 Å². The number of nitriles is 1. The summed E-state index contributed by atoms with van der Waals surface area (Å²) in [6.07, 6.45) is 2.23. The van der Waals surface area contributed by atoms with Gasteiger partial charge in [0.05, 0.1) is 34.6 Å². The zero-order chi connectivity index (χ0) is 21.0. The molecule has 3 fully saturated rings. The van der Waals surface area contributed by atoms with Crippen LogP contribution in [-0.2, 0) is 20.7 Å². The Bertz CT molecular complexity index is 1080. The first-order valence-electron chi connectivity index (χ1n) is 10.2. The van der Waals surface area contributed by atoms with Gasteiger partial charge in [0.1, 0.15) is 23.5 Å². The third-order valence-electron chi connectivity index (χ3n) is 6.61. The van der Waals surface area contributed by atoms with E-state index in [0.29, 0.717) is 28.5 Å². The van der Waals surface area contributed by atoms with Crippen LogP contribution in [0.15, 0.2) is 36.4 Å². The molecule has 0 spiro atoms. The molecule has 1 aliphatic carbocycles. The zero-order valence-electron chi connectivity index (χ0n) is 16.4. The van der Waals surface area contributed by atoms with E-state index in [0.717, 1.165) is 24.0 Å². The summed E-state index contributed by atoms with van der Waals surface area (Å²) < 4.78 is 11.8. The number of hydrogen-bond donors (Lipinski definition) is 0. The number of carbonyl (C=O) groups excluding carboxylic acids is 2. The molecule has 5 atom stereocenters. The molecule has 2 aromatic carbocycles. The van der Waals surface area contributed by atoms with Gasteiger partial charge in [0, 0.05) is 6.07 Å². The Kier molecular flexibility index (Phi) is 4.65. The third-order valence-corrected chi connectivity index (χ3v) is 6.92. The summed E-state index contributed by atoms with van der Waals surface area (Å²) in [6, 6.07) is 12.4. The molecule has 0 amide bonds. The average Bonchev–Trinajstić information content (AvgIpc) is 3.42. The number of aryl methyl sites for hydroxylation is 1. The number of ether oxygens (including phenoxy) is 2. The highest BCUT2D eigenvalue weighted by Gasteiger charge is 2.63. The second-order valence-corrected chi connectivity index (χ2v) is 8.56. The zero-order valence-corrected chi connectivity index (χ0v) is 17.2. The highest BCUT2D eigenvalue weighted by molar-refractivity contribution is 6.31. The van der Waals surface area contributed by atoms with Gasteiger partial charge in [0.2, 0.25) is 0 Å². The van der Waals surface area contributed by atoms with E-state index >= 15 is 0 Å². The van der Waals surface area contributed by atoms with Gasteiger partial charge >= 0.3 is 0 Å². The van der Waals surface area contributed by atoms with Gasteiger partial charge < -0.3 is 9.47 Å². The SMILES string of the molecule is CCc1ccc(Oc2ccc(C#N)c(Cl)c2)cc1C1C(=O)[C@@H]2[C@H](C1=O)[C@H]1CC[C@@H]2O1. The molecule has 0 radical (unpaired) electrons. The number of Topliss-reactive ketones (excluding diaryl/α,β-unsaturated/α-hetero) is 2. The van der Waals surface area contributed by atoms with E-state index in [9.17, 15) is 9.59 Å². The van der Waals surface area contributed by atoms with E-state index in [4.69, 9.17) is 26.3 Å². The van der Waals surface area contributed by atoms with Crippen LogP contribution in [-0.4, -0.2) is 23.8 Å². The van der Waals surface area contributed by atoms with Crippen LogP contribution in [0, 0.1) is 23.2 Å². The molecular weight excluding hydrogens is 402 g/mol. The molecule has 2 aromatic rings. The molecule has 152 valence electrons. The number of halogens is 1. The summed E-state index contributed by atoms with van der Waals surface area (Å²) >= 11 is 6.10. The fourth-order valence-corrected chi connectivity index (χ4v) is 5.46. The number of carbonyl (C=O) groups is 2. The molecular formula is C24H20ClNO4. The minimum absolute atomic E-state index is 0.00883. The molecule has 0 aromatic heterocycles. The highest BCUT2D eigenvalue weighted by Crippen LogP contribution is 2.52. The Hall–Kier alpha value is -2.68. The maximum atomic E-state index is 13.3. The quantitative estimate of drug-likeness (QED) is 0.674. The summed E-state index contributed by atoms with van der Waals surface area (Å²) in [5.41, 5.74) is 2.08. The van der Waals surface area contributed by atoms with E-state index in [2.05, 4.69) is 0 Å². The van der Waals surface area contributed by atoms with E-state index in [1.165, 1.54) is 0 Å². The first-order valence-corrected chi connectivity index (χ1v) is 10.6. The van der Waals surface area contributed by atoms with Crippen LogP contribution in [0.1, 0.15) is 42.4 Å². The summed E-state index contributed by atoms with van der Waals surface area (Å²) in [7, 11) is 0. The maximum absolute atomic E-state index is 13.3. The van der Waals surface area contributed by atoms with Crippen molar-refractivity contribution in [3.63, 3.8) is 0 Å². The average molecular weight is 422 g/mol. The first-order chi connectivity index (χ1) is 14.5. The van der Waals surface area contributed by atoms with Crippen molar-refractivity contribution in [2.75, 3.05) is 0 Å². The van der Waals surface area contributed by atoms with Crippen molar-refractivity contribution in [1.82, 2.24) is 0 Å². The van der Waals surface area contributed by atoms with E-state index < -0.39 is 5.92 Å². The Labute approximate surface area is 179 Å². The molecule has 0 N–H and O–H groups in total. The summed E-state index contributed by atoms with van der Waals surface area (Å²) in [5.74, 6) is -0.340. The van der Waals surface area contributed by atoms with Gasteiger partial charge in [-0.15, -0.1) is 0 Å². The van der Waals surface area contributed by atoms with E-state index in [1.807, 2.05) is 25.1 Å². The lowest BCUT2D eigenvalue weighted by Crippen LogP contribution is -2.29. The third kappa shape index (κ3) is 2.86. The molecule has 1 saturated carbocycles. The Morgan fingerprint density at radius 1 is 1.07 bits per heavy atom. The second kappa shape index (κ2) is 7.23. The van der Waals surface area contributed by atoms with Crippen LogP contribution < -0.4 is 4.74 Å².